The van der Waals surface area contributed by atoms with Crippen LogP contribution >= 0.6 is 0 Å². The van der Waals surface area contributed by atoms with E-state index >= 15 is 0 Å². The lowest BCUT2D eigenvalue weighted by atomic mass is 9.87. The van der Waals surface area contributed by atoms with Gasteiger partial charge in [-0.1, -0.05) is 0 Å². The van der Waals surface area contributed by atoms with Crippen molar-refractivity contribution in [1.82, 2.24) is 4.90 Å². The highest BCUT2D eigenvalue weighted by molar-refractivity contribution is 5.94. The normalized spacial score (nSPS) is 25.9. The van der Waals surface area contributed by atoms with Crippen molar-refractivity contribution in [2.24, 2.45) is 0 Å². The Hall–Kier alpha value is -2.20. The Labute approximate surface area is 175 Å². The van der Waals surface area contributed by atoms with Crippen LogP contribution in [0.2, 0.25) is 0 Å². The van der Waals surface area contributed by atoms with E-state index in [2.05, 4.69) is 5.32 Å². The molecule has 9 nitrogen and oxygen atoms in total. The van der Waals surface area contributed by atoms with Gasteiger partial charge in [0.2, 0.25) is 11.8 Å². The van der Waals surface area contributed by atoms with Crippen LogP contribution in [0.3, 0.4) is 0 Å². The Morgan fingerprint density at radius 2 is 1.90 bits per heavy atom. The molecule has 1 saturated carbocycles. The molecule has 1 aliphatic heterocycles. The number of anilines is 1. The fourth-order valence-corrected chi connectivity index (χ4v) is 4.07. The summed E-state index contributed by atoms with van der Waals surface area (Å²) in [6.45, 7) is 0.216. The van der Waals surface area contributed by atoms with E-state index in [-0.39, 0.29) is 44.2 Å². The Kier molecular flexibility index (Phi) is 7.65. The molecule has 1 aromatic carbocycles. The molecule has 3 rings (SSSR count). The minimum Gasteiger partial charge on any atom is -0.494 e. The van der Waals surface area contributed by atoms with Gasteiger partial charge in [0.25, 0.3) is 0 Å². The second-order valence-corrected chi connectivity index (χ2v) is 7.88. The third-order valence-electron chi connectivity index (χ3n) is 5.69. The van der Waals surface area contributed by atoms with E-state index in [0.29, 0.717) is 31.6 Å². The largest absolute Gasteiger partial charge is 0.494 e. The van der Waals surface area contributed by atoms with Crippen molar-refractivity contribution in [3.63, 3.8) is 0 Å². The summed E-state index contributed by atoms with van der Waals surface area (Å²) in [5, 5.41) is 41.6. The smallest absolute Gasteiger partial charge is 0.224 e. The first kappa shape index (κ1) is 22.5. The Morgan fingerprint density at radius 3 is 2.60 bits per heavy atom. The molecule has 2 aliphatic rings. The van der Waals surface area contributed by atoms with Gasteiger partial charge in [0.05, 0.1) is 25.4 Å². The number of nitrogens with one attached hydrogen (secondary N) is 1. The molecule has 1 heterocycles. The van der Waals surface area contributed by atoms with Gasteiger partial charge in [-0.15, -0.1) is 0 Å². The molecule has 0 saturated heterocycles. The number of nitrogens with zero attached hydrogens (tertiary/aromatic N) is 1. The van der Waals surface area contributed by atoms with Crippen LogP contribution in [0.1, 0.15) is 37.7 Å². The fourth-order valence-electron chi connectivity index (χ4n) is 4.07. The number of aliphatic hydroxyl groups excluding tert-OH is 4. The van der Waals surface area contributed by atoms with Gasteiger partial charge in [0.15, 0.2) is 0 Å². The number of benzene rings is 1. The summed E-state index contributed by atoms with van der Waals surface area (Å²) in [5.74, 6) is 0.494. The molecule has 5 N–H and O–H groups in total. The molecule has 1 fully saturated rings. The molecular formula is C21H30N2O7. The van der Waals surface area contributed by atoms with Crippen molar-refractivity contribution in [3.05, 3.63) is 23.8 Å². The van der Waals surface area contributed by atoms with Crippen LogP contribution in [0.5, 0.6) is 5.75 Å². The molecule has 0 bridgehead atoms. The number of amides is 2. The third-order valence-corrected chi connectivity index (χ3v) is 5.69. The van der Waals surface area contributed by atoms with Crippen molar-refractivity contribution in [1.29, 1.82) is 0 Å². The minimum absolute atomic E-state index is 0.00891. The standard InChI is InChI=1S/C21H30N2O7/c24-8-7-23(14-11-17(25)21(29)18(26)12-14)20(28)2-1-9-30-15-4-5-16-13(10-15)3-6-19(27)22-16/h4-5,10,14,17-18,21,24-26,29H,1-3,6-9,11-12H2,(H,22,27). The zero-order chi connectivity index (χ0) is 21.7. The van der Waals surface area contributed by atoms with Gasteiger partial charge in [-0.3, -0.25) is 9.59 Å². The molecule has 2 atom stereocenters. The lowest BCUT2D eigenvalue weighted by molar-refractivity contribution is -0.143. The Bertz CT molecular complexity index is 745. The van der Waals surface area contributed by atoms with Crippen LogP contribution < -0.4 is 10.1 Å². The van der Waals surface area contributed by atoms with E-state index in [1.54, 1.807) is 6.07 Å². The highest BCUT2D eigenvalue weighted by Gasteiger charge is 2.38. The van der Waals surface area contributed by atoms with E-state index in [1.165, 1.54) is 4.90 Å². The molecule has 2 amide bonds. The van der Waals surface area contributed by atoms with Gasteiger partial charge >= 0.3 is 0 Å². The van der Waals surface area contributed by atoms with E-state index in [9.17, 15) is 30.0 Å². The molecule has 2 unspecified atom stereocenters. The average molecular weight is 422 g/mol. The van der Waals surface area contributed by atoms with E-state index in [0.717, 1.165) is 11.3 Å². The molecule has 166 valence electrons. The maximum absolute atomic E-state index is 12.7. The Morgan fingerprint density at radius 1 is 1.17 bits per heavy atom. The first-order chi connectivity index (χ1) is 14.4. The summed E-state index contributed by atoms with van der Waals surface area (Å²) >= 11 is 0. The summed E-state index contributed by atoms with van der Waals surface area (Å²) in [5.41, 5.74) is 1.82. The lowest BCUT2D eigenvalue weighted by Crippen LogP contribution is -2.53. The van der Waals surface area contributed by atoms with Crippen molar-refractivity contribution >= 4 is 17.5 Å². The molecule has 30 heavy (non-hydrogen) atoms. The fraction of sp³-hybridized carbons (Fsp3) is 0.619. The van der Waals surface area contributed by atoms with Crippen LogP contribution in [0.25, 0.3) is 0 Å². The van der Waals surface area contributed by atoms with Crippen molar-refractivity contribution in [2.45, 2.75) is 62.9 Å². The maximum Gasteiger partial charge on any atom is 0.224 e. The molecule has 0 radical (unpaired) electrons. The first-order valence-corrected chi connectivity index (χ1v) is 10.4. The Balaban J connectivity index is 1.48. The van der Waals surface area contributed by atoms with Crippen LogP contribution in [0.15, 0.2) is 18.2 Å². The van der Waals surface area contributed by atoms with Gasteiger partial charge < -0.3 is 35.4 Å². The zero-order valence-electron chi connectivity index (χ0n) is 16.9. The number of carbonyl (C=O) groups excluding carboxylic acids is 2. The highest BCUT2D eigenvalue weighted by atomic mass is 16.5. The number of aryl methyl sites for hydroxylation is 1. The van der Waals surface area contributed by atoms with E-state index in [4.69, 9.17) is 4.74 Å². The average Bonchev–Trinajstić information content (AvgIpc) is 2.72. The molecule has 1 aliphatic carbocycles. The topological polar surface area (TPSA) is 140 Å². The van der Waals surface area contributed by atoms with Crippen LogP contribution in [0, 0.1) is 0 Å². The summed E-state index contributed by atoms with van der Waals surface area (Å²) < 4.78 is 5.74. The number of hydrogen-bond donors (Lipinski definition) is 5. The molecule has 9 heteroatoms. The van der Waals surface area contributed by atoms with Gasteiger partial charge in [-0.05, 0) is 49.4 Å². The van der Waals surface area contributed by atoms with Gasteiger partial charge in [-0.25, -0.2) is 0 Å². The van der Waals surface area contributed by atoms with Gasteiger partial charge in [-0.2, -0.15) is 0 Å². The summed E-state index contributed by atoms with van der Waals surface area (Å²) in [4.78, 5) is 25.5. The quantitative estimate of drug-likeness (QED) is 0.366. The molecule has 0 spiro atoms. The van der Waals surface area contributed by atoms with Crippen LogP contribution in [-0.4, -0.2) is 81.3 Å². The summed E-state index contributed by atoms with van der Waals surface area (Å²) in [6.07, 6.45) is -1.33. The van der Waals surface area contributed by atoms with Crippen LogP contribution in [0.4, 0.5) is 5.69 Å². The van der Waals surface area contributed by atoms with Gasteiger partial charge in [0.1, 0.15) is 11.9 Å². The number of rotatable bonds is 8. The number of fused-ring (bicyclic) bond motifs is 1. The number of aliphatic hydroxyl groups is 4. The van der Waals surface area contributed by atoms with Crippen molar-refractivity contribution in [3.8, 4) is 5.75 Å². The maximum atomic E-state index is 12.7. The SMILES string of the molecule is O=C1CCc2cc(OCCCC(=O)N(CCO)C3CC(O)C(O)C(O)C3)ccc2N1. The number of ether oxygens (including phenoxy) is 1. The first-order valence-electron chi connectivity index (χ1n) is 10.4. The second-order valence-electron chi connectivity index (χ2n) is 7.88. The molecule has 0 aromatic heterocycles. The summed E-state index contributed by atoms with van der Waals surface area (Å²) in [7, 11) is 0. The molecule has 1 aromatic rings. The highest BCUT2D eigenvalue weighted by Crippen LogP contribution is 2.27. The van der Waals surface area contributed by atoms with Crippen molar-refractivity contribution < 1.29 is 34.8 Å². The van der Waals surface area contributed by atoms with E-state index < -0.39 is 24.4 Å². The van der Waals surface area contributed by atoms with Crippen molar-refractivity contribution in [2.75, 3.05) is 25.1 Å². The number of hydrogen-bond acceptors (Lipinski definition) is 7. The predicted molar refractivity (Wildman–Crippen MR) is 108 cm³/mol. The number of carbonyl (C=O) groups is 2. The lowest BCUT2D eigenvalue weighted by Gasteiger charge is -2.40. The third kappa shape index (κ3) is 5.48. The summed E-state index contributed by atoms with van der Waals surface area (Å²) in [6, 6.07) is 5.05. The predicted octanol–water partition coefficient (Wildman–Crippen LogP) is -0.204. The van der Waals surface area contributed by atoms with Gasteiger partial charge in [0, 0.05) is 31.1 Å². The monoisotopic (exact) mass is 422 g/mol. The van der Waals surface area contributed by atoms with E-state index in [1.807, 2.05) is 12.1 Å². The zero-order valence-corrected chi connectivity index (χ0v) is 16.9. The van der Waals surface area contributed by atoms with Crippen LogP contribution in [-0.2, 0) is 16.0 Å². The minimum atomic E-state index is -1.22. The molecular weight excluding hydrogens is 392 g/mol. The second kappa shape index (κ2) is 10.2.